The molecule has 1 fully saturated rings. The lowest BCUT2D eigenvalue weighted by Crippen LogP contribution is -2.30. The van der Waals surface area contributed by atoms with Gasteiger partial charge >= 0.3 is 5.97 Å². The molecule has 0 aliphatic heterocycles. The maximum Gasteiger partial charge on any atom is 0.325 e. The van der Waals surface area contributed by atoms with E-state index in [4.69, 9.17) is 9.47 Å². The van der Waals surface area contributed by atoms with Crippen LogP contribution in [0.5, 0.6) is 11.5 Å². The van der Waals surface area contributed by atoms with Crippen molar-refractivity contribution in [2.75, 3.05) is 26.9 Å². The minimum atomic E-state index is -0.496. The second-order valence-electron chi connectivity index (χ2n) is 5.11. The van der Waals surface area contributed by atoms with Crippen LogP contribution in [0.15, 0.2) is 18.2 Å². The first-order chi connectivity index (χ1) is 10.6. The molecule has 2 rings (SSSR count). The molecule has 0 atom stereocenters. The number of rotatable bonds is 8. The second kappa shape index (κ2) is 7.68. The highest BCUT2D eigenvalue weighted by molar-refractivity contribution is 5.96. The Morgan fingerprint density at radius 2 is 2.00 bits per heavy atom. The summed E-state index contributed by atoms with van der Waals surface area (Å²) in [5.74, 6) is 0.924. The number of benzene rings is 1. The Hall–Kier alpha value is -2.24. The van der Waals surface area contributed by atoms with Crippen molar-refractivity contribution < 1.29 is 23.8 Å². The molecule has 0 saturated heterocycles. The van der Waals surface area contributed by atoms with Crippen LogP contribution in [0.2, 0.25) is 0 Å². The second-order valence-corrected chi connectivity index (χ2v) is 5.11. The largest absolute Gasteiger partial charge is 0.490 e. The number of nitrogens with one attached hydrogen (secondary N) is 1. The van der Waals surface area contributed by atoms with Crippen molar-refractivity contribution in [3.05, 3.63) is 23.8 Å². The zero-order chi connectivity index (χ0) is 15.9. The molecule has 0 unspecified atom stereocenters. The summed E-state index contributed by atoms with van der Waals surface area (Å²) < 4.78 is 15.7. The number of hydrogen-bond donors (Lipinski definition) is 1. The van der Waals surface area contributed by atoms with Gasteiger partial charge in [-0.15, -0.1) is 0 Å². The van der Waals surface area contributed by atoms with E-state index in [0.717, 1.165) is 0 Å². The first-order valence-electron chi connectivity index (χ1n) is 7.38. The minimum Gasteiger partial charge on any atom is -0.490 e. The Morgan fingerprint density at radius 3 is 2.64 bits per heavy atom. The molecule has 1 aliphatic carbocycles. The van der Waals surface area contributed by atoms with E-state index in [1.165, 1.54) is 20.0 Å². The third kappa shape index (κ3) is 4.65. The van der Waals surface area contributed by atoms with E-state index in [1.54, 1.807) is 18.2 Å². The number of amides is 1. The molecule has 6 heteroatoms. The van der Waals surface area contributed by atoms with Gasteiger partial charge < -0.3 is 19.5 Å². The van der Waals surface area contributed by atoms with Crippen LogP contribution in [0.25, 0.3) is 0 Å². The Morgan fingerprint density at radius 1 is 1.23 bits per heavy atom. The van der Waals surface area contributed by atoms with Gasteiger partial charge in [-0.25, -0.2) is 0 Å². The lowest BCUT2D eigenvalue weighted by molar-refractivity contribution is -0.139. The number of carbonyl (C=O) groups is 2. The van der Waals surface area contributed by atoms with Crippen LogP contribution in [-0.4, -0.2) is 38.7 Å². The predicted octanol–water partition coefficient (Wildman–Crippen LogP) is 1.78. The van der Waals surface area contributed by atoms with Crippen LogP contribution in [0.4, 0.5) is 0 Å². The molecule has 0 spiro atoms. The van der Waals surface area contributed by atoms with Gasteiger partial charge in [0.25, 0.3) is 5.91 Å². The summed E-state index contributed by atoms with van der Waals surface area (Å²) in [6.07, 6.45) is 2.37. The molecular weight excluding hydrogens is 286 g/mol. The van der Waals surface area contributed by atoms with Crippen LogP contribution < -0.4 is 14.8 Å². The van der Waals surface area contributed by atoms with E-state index in [1.807, 2.05) is 6.92 Å². The van der Waals surface area contributed by atoms with Gasteiger partial charge in [0.05, 0.1) is 20.3 Å². The van der Waals surface area contributed by atoms with Gasteiger partial charge in [0, 0.05) is 5.56 Å². The topological polar surface area (TPSA) is 73.9 Å². The van der Waals surface area contributed by atoms with Crippen molar-refractivity contribution in [2.24, 2.45) is 5.92 Å². The fourth-order valence-corrected chi connectivity index (χ4v) is 1.86. The summed E-state index contributed by atoms with van der Waals surface area (Å²) in [4.78, 5) is 23.1. The van der Waals surface area contributed by atoms with E-state index in [2.05, 4.69) is 10.1 Å². The van der Waals surface area contributed by atoms with Gasteiger partial charge in [0.2, 0.25) is 0 Å². The summed E-state index contributed by atoms with van der Waals surface area (Å²) in [5, 5.41) is 2.50. The lowest BCUT2D eigenvalue weighted by Gasteiger charge is -2.13. The molecule has 1 aromatic carbocycles. The fourth-order valence-electron chi connectivity index (χ4n) is 1.86. The van der Waals surface area contributed by atoms with Crippen molar-refractivity contribution in [2.45, 2.75) is 19.8 Å². The lowest BCUT2D eigenvalue weighted by atomic mass is 10.2. The Labute approximate surface area is 129 Å². The average molecular weight is 307 g/mol. The highest BCUT2D eigenvalue weighted by Gasteiger charge is 2.23. The molecule has 0 aromatic heterocycles. The summed E-state index contributed by atoms with van der Waals surface area (Å²) in [6.45, 7) is 2.88. The number of methoxy groups -OCH3 is 1. The summed E-state index contributed by atoms with van der Waals surface area (Å²) in [5.41, 5.74) is 0.415. The normalized spacial score (nSPS) is 13.4. The average Bonchev–Trinajstić information content (AvgIpc) is 3.35. The SMILES string of the molecule is CCOc1ccc(C(=O)NCC(=O)OC)cc1OCC1CC1. The van der Waals surface area contributed by atoms with Crippen LogP contribution >= 0.6 is 0 Å². The maximum atomic E-state index is 12.0. The van der Waals surface area contributed by atoms with Gasteiger partial charge in [-0.05, 0) is 43.9 Å². The van der Waals surface area contributed by atoms with Crippen molar-refractivity contribution in [1.82, 2.24) is 5.32 Å². The van der Waals surface area contributed by atoms with Gasteiger partial charge in [0.1, 0.15) is 6.54 Å². The standard InChI is InChI=1S/C16H21NO5/c1-3-21-13-7-6-12(16(19)17-9-15(18)20-2)8-14(13)22-10-11-4-5-11/h6-8,11H,3-5,9-10H2,1-2H3,(H,17,19). The third-order valence-corrected chi connectivity index (χ3v) is 3.30. The molecular formula is C16H21NO5. The molecule has 0 radical (unpaired) electrons. The van der Waals surface area contributed by atoms with Crippen LogP contribution in [0.1, 0.15) is 30.1 Å². The summed E-state index contributed by atoms with van der Waals surface area (Å²) >= 11 is 0. The quantitative estimate of drug-likeness (QED) is 0.741. The number of hydrogen-bond acceptors (Lipinski definition) is 5. The van der Waals surface area contributed by atoms with E-state index >= 15 is 0 Å². The zero-order valence-corrected chi connectivity index (χ0v) is 12.9. The van der Waals surface area contributed by atoms with Gasteiger partial charge in [-0.1, -0.05) is 0 Å². The highest BCUT2D eigenvalue weighted by atomic mass is 16.5. The number of ether oxygens (including phenoxy) is 3. The predicted molar refractivity (Wildman–Crippen MR) is 80.2 cm³/mol. The van der Waals surface area contributed by atoms with Crippen molar-refractivity contribution >= 4 is 11.9 Å². The van der Waals surface area contributed by atoms with Crippen molar-refractivity contribution in [3.8, 4) is 11.5 Å². The molecule has 1 aromatic rings. The first kappa shape index (κ1) is 16.1. The molecule has 1 N–H and O–H groups in total. The molecule has 0 bridgehead atoms. The highest BCUT2D eigenvalue weighted by Crippen LogP contribution is 2.33. The van der Waals surface area contributed by atoms with Gasteiger partial charge in [0.15, 0.2) is 11.5 Å². The number of carbonyl (C=O) groups excluding carboxylic acids is 2. The molecule has 0 heterocycles. The van der Waals surface area contributed by atoms with E-state index in [9.17, 15) is 9.59 Å². The van der Waals surface area contributed by atoms with Crippen molar-refractivity contribution in [1.29, 1.82) is 0 Å². The third-order valence-electron chi connectivity index (χ3n) is 3.30. The zero-order valence-electron chi connectivity index (χ0n) is 12.9. The molecule has 1 amide bonds. The molecule has 120 valence electrons. The van der Waals surface area contributed by atoms with Crippen molar-refractivity contribution in [3.63, 3.8) is 0 Å². The fraction of sp³-hybridized carbons (Fsp3) is 0.500. The van der Waals surface area contributed by atoms with E-state index < -0.39 is 5.97 Å². The van der Waals surface area contributed by atoms with Crippen LogP contribution in [-0.2, 0) is 9.53 Å². The van der Waals surface area contributed by atoms with Gasteiger partial charge in [-0.3, -0.25) is 9.59 Å². The summed E-state index contributed by atoms with van der Waals surface area (Å²) in [7, 11) is 1.27. The molecule has 22 heavy (non-hydrogen) atoms. The summed E-state index contributed by atoms with van der Waals surface area (Å²) in [6, 6.07) is 4.99. The van der Waals surface area contributed by atoms with E-state index in [0.29, 0.717) is 36.2 Å². The molecule has 1 saturated carbocycles. The maximum absolute atomic E-state index is 12.0. The van der Waals surface area contributed by atoms with Crippen LogP contribution in [0.3, 0.4) is 0 Å². The molecule has 1 aliphatic rings. The Kier molecular flexibility index (Phi) is 5.63. The Balaban J connectivity index is 2.04. The van der Waals surface area contributed by atoms with Crippen LogP contribution in [0, 0.1) is 5.92 Å². The number of esters is 1. The smallest absolute Gasteiger partial charge is 0.325 e. The monoisotopic (exact) mass is 307 g/mol. The minimum absolute atomic E-state index is 0.166. The van der Waals surface area contributed by atoms with E-state index in [-0.39, 0.29) is 12.5 Å². The first-order valence-corrected chi connectivity index (χ1v) is 7.38. The Bertz CT molecular complexity index is 539. The molecule has 6 nitrogen and oxygen atoms in total. The van der Waals surface area contributed by atoms with Gasteiger partial charge in [-0.2, -0.15) is 0 Å².